The molecule has 1 aliphatic heterocycles. The Balaban J connectivity index is 1.58. The second-order valence-electron chi connectivity index (χ2n) is 7.30. The Hall–Kier alpha value is -2.65. The van der Waals surface area contributed by atoms with Crippen LogP contribution in [0.25, 0.3) is 0 Å². The molecule has 3 rings (SSSR count). The molecule has 0 aliphatic carbocycles. The number of carbonyl (C=O) groups is 1. The van der Waals surface area contributed by atoms with E-state index in [0.717, 1.165) is 17.1 Å². The summed E-state index contributed by atoms with van der Waals surface area (Å²) in [6.45, 7) is 9.99. The number of hydrogen-bond acceptors (Lipinski definition) is 7. The number of benzene rings is 1. The Morgan fingerprint density at radius 1 is 1.24 bits per heavy atom. The van der Waals surface area contributed by atoms with E-state index in [1.54, 1.807) is 10.9 Å². The van der Waals surface area contributed by atoms with Crippen LogP contribution < -0.4 is 14.8 Å². The normalized spacial score (nSPS) is 13.1. The molecule has 9 nitrogen and oxygen atoms in total. The molecule has 0 atom stereocenters. The van der Waals surface area contributed by atoms with Crippen LogP contribution in [0.3, 0.4) is 0 Å². The second kappa shape index (κ2) is 9.23. The van der Waals surface area contributed by atoms with E-state index < -0.39 is 6.29 Å². The zero-order chi connectivity index (χ0) is 20.9. The van der Waals surface area contributed by atoms with E-state index in [1.165, 1.54) is 0 Å². The first-order chi connectivity index (χ1) is 13.9. The van der Waals surface area contributed by atoms with E-state index in [-0.39, 0.29) is 23.8 Å². The lowest BCUT2D eigenvalue weighted by Gasteiger charge is -2.25. The number of fused-ring (bicyclic) bond motifs is 1. The SMILES string of the molecule is CCOC(Cn1cc(C(=O)NCC(C)(C)c2ccc3c(c2)OCO3)nn1)OCC. The first-order valence-electron chi connectivity index (χ1n) is 9.74. The Morgan fingerprint density at radius 2 is 1.97 bits per heavy atom. The lowest BCUT2D eigenvalue weighted by Crippen LogP contribution is -2.36. The highest BCUT2D eigenvalue weighted by molar-refractivity contribution is 5.91. The monoisotopic (exact) mass is 404 g/mol. The third kappa shape index (κ3) is 5.24. The second-order valence-corrected chi connectivity index (χ2v) is 7.30. The van der Waals surface area contributed by atoms with Crippen LogP contribution in [0.1, 0.15) is 43.7 Å². The molecular formula is C20H28N4O5. The minimum absolute atomic E-state index is 0.235. The van der Waals surface area contributed by atoms with Crippen molar-refractivity contribution in [1.82, 2.24) is 20.3 Å². The number of amides is 1. The van der Waals surface area contributed by atoms with Gasteiger partial charge in [-0.1, -0.05) is 25.1 Å². The highest BCUT2D eigenvalue weighted by atomic mass is 16.7. The molecule has 9 heteroatoms. The predicted molar refractivity (Wildman–Crippen MR) is 105 cm³/mol. The van der Waals surface area contributed by atoms with Gasteiger partial charge in [-0.2, -0.15) is 0 Å². The summed E-state index contributed by atoms with van der Waals surface area (Å²) < 4.78 is 23.3. The van der Waals surface area contributed by atoms with E-state index in [0.29, 0.717) is 26.3 Å². The number of nitrogens with zero attached hydrogens (tertiary/aromatic N) is 3. The third-order valence-corrected chi connectivity index (χ3v) is 4.66. The van der Waals surface area contributed by atoms with Gasteiger partial charge < -0.3 is 24.3 Å². The summed E-state index contributed by atoms with van der Waals surface area (Å²) in [7, 11) is 0. The molecule has 1 aliphatic rings. The van der Waals surface area contributed by atoms with Crippen LogP contribution in [0, 0.1) is 0 Å². The molecule has 1 aromatic heterocycles. The maximum atomic E-state index is 12.5. The van der Waals surface area contributed by atoms with E-state index in [1.807, 2.05) is 32.0 Å². The van der Waals surface area contributed by atoms with Gasteiger partial charge in [0.1, 0.15) is 0 Å². The Bertz CT molecular complexity index is 830. The van der Waals surface area contributed by atoms with Crippen LogP contribution in [-0.2, 0) is 21.4 Å². The Morgan fingerprint density at radius 3 is 2.69 bits per heavy atom. The molecule has 1 aromatic carbocycles. The molecule has 2 aromatic rings. The van der Waals surface area contributed by atoms with Crippen molar-refractivity contribution in [2.45, 2.75) is 45.9 Å². The van der Waals surface area contributed by atoms with Crippen LogP contribution in [0.2, 0.25) is 0 Å². The molecule has 29 heavy (non-hydrogen) atoms. The molecule has 1 N–H and O–H groups in total. The zero-order valence-electron chi connectivity index (χ0n) is 17.3. The molecule has 2 heterocycles. The highest BCUT2D eigenvalue weighted by Crippen LogP contribution is 2.36. The molecule has 158 valence electrons. The van der Waals surface area contributed by atoms with Gasteiger partial charge in [-0.3, -0.25) is 4.79 Å². The van der Waals surface area contributed by atoms with Gasteiger partial charge in [0.2, 0.25) is 6.79 Å². The fraction of sp³-hybridized carbons (Fsp3) is 0.550. The van der Waals surface area contributed by atoms with Crippen molar-refractivity contribution in [3.05, 3.63) is 35.7 Å². The Labute approximate surface area is 170 Å². The van der Waals surface area contributed by atoms with E-state index in [2.05, 4.69) is 29.5 Å². The summed E-state index contributed by atoms with van der Waals surface area (Å²) in [6.07, 6.45) is 1.17. The molecular weight excluding hydrogens is 376 g/mol. The van der Waals surface area contributed by atoms with Crippen LogP contribution in [0.15, 0.2) is 24.4 Å². The summed E-state index contributed by atoms with van der Waals surface area (Å²) in [5.41, 5.74) is 0.988. The van der Waals surface area contributed by atoms with Crippen molar-refractivity contribution >= 4 is 5.91 Å². The van der Waals surface area contributed by atoms with Crippen LogP contribution in [0.4, 0.5) is 0 Å². The maximum Gasteiger partial charge on any atom is 0.273 e. The van der Waals surface area contributed by atoms with Crippen molar-refractivity contribution in [2.24, 2.45) is 0 Å². The van der Waals surface area contributed by atoms with Gasteiger partial charge in [-0.15, -0.1) is 5.10 Å². The summed E-state index contributed by atoms with van der Waals surface area (Å²) in [5, 5.41) is 10.9. The van der Waals surface area contributed by atoms with Gasteiger partial charge >= 0.3 is 0 Å². The van der Waals surface area contributed by atoms with Crippen molar-refractivity contribution < 1.29 is 23.7 Å². The molecule has 0 unspecified atom stereocenters. The van der Waals surface area contributed by atoms with E-state index in [4.69, 9.17) is 18.9 Å². The van der Waals surface area contributed by atoms with Crippen molar-refractivity contribution in [2.75, 3.05) is 26.6 Å². The largest absolute Gasteiger partial charge is 0.454 e. The average molecular weight is 404 g/mol. The van der Waals surface area contributed by atoms with Gasteiger partial charge in [-0.25, -0.2) is 4.68 Å². The number of rotatable bonds is 10. The smallest absolute Gasteiger partial charge is 0.273 e. The first-order valence-corrected chi connectivity index (χ1v) is 9.74. The van der Waals surface area contributed by atoms with Gasteiger partial charge in [0, 0.05) is 25.2 Å². The van der Waals surface area contributed by atoms with Gasteiger partial charge in [0.05, 0.1) is 12.7 Å². The third-order valence-electron chi connectivity index (χ3n) is 4.66. The van der Waals surface area contributed by atoms with Crippen molar-refractivity contribution in [3.63, 3.8) is 0 Å². The molecule has 0 radical (unpaired) electrons. The van der Waals surface area contributed by atoms with Crippen LogP contribution in [-0.4, -0.2) is 53.7 Å². The number of aromatic nitrogens is 3. The molecule has 1 amide bonds. The minimum Gasteiger partial charge on any atom is -0.454 e. The number of hydrogen-bond donors (Lipinski definition) is 1. The maximum absolute atomic E-state index is 12.5. The number of ether oxygens (including phenoxy) is 4. The van der Waals surface area contributed by atoms with Crippen molar-refractivity contribution in [3.8, 4) is 11.5 Å². The molecule has 0 spiro atoms. The molecule has 0 fully saturated rings. The van der Waals surface area contributed by atoms with Crippen LogP contribution in [0.5, 0.6) is 11.5 Å². The summed E-state index contributed by atoms with van der Waals surface area (Å²) in [5.74, 6) is 1.18. The highest BCUT2D eigenvalue weighted by Gasteiger charge is 2.25. The van der Waals surface area contributed by atoms with Gasteiger partial charge in [0.15, 0.2) is 23.5 Å². The summed E-state index contributed by atoms with van der Waals surface area (Å²) >= 11 is 0. The molecule has 0 saturated carbocycles. The van der Waals surface area contributed by atoms with Gasteiger partial charge in [-0.05, 0) is 31.5 Å². The predicted octanol–water partition coefficient (Wildman–Crippen LogP) is 2.11. The minimum atomic E-state index is -0.424. The quantitative estimate of drug-likeness (QED) is 0.606. The lowest BCUT2D eigenvalue weighted by atomic mass is 9.84. The number of carbonyl (C=O) groups excluding carboxylic acids is 1. The van der Waals surface area contributed by atoms with Crippen molar-refractivity contribution in [1.29, 1.82) is 0 Å². The van der Waals surface area contributed by atoms with Gasteiger partial charge in [0.25, 0.3) is 5.91 Å². The number of nitrogens with one attached hydrogen (secondary N) is 1. The molecule has 0 bridgehead atoms. The molecule has 0 saturated heterocycles. The fourth-order valence-electron chi connectivity index (χ4n) is 2.98. The lowest BCUT2D eigenvalue weighted by molar-refractivity contribution is -0.145. The van der Waals surface area contributed by atoms with E-state index >= 15 is 0 Å². The van der Waals surface area contributed by atoms with Crippen LogP contribution >= 0.6 is 0 Å². The summed E-state index contributed by atoms with van der Waals surface area (Å²) in [6, 6.07) is 5.82. The zero-order valence-corrected chi connectivity index (χ0v) is 17.3. The summed E-state index contributed by atoms with van der Waals surface area (Å²) in [4.78, 5) is 12.5. The Kier molecular flexibility index (Phi) is 6.71. The fourth-order valence-corrected chi connectivity index (χ4v) is 2.98. The standard InChI is InChI=1S/C20H28N4O5/c1-5-26-18(27-6-2)11-24-10-15(22-23-24)19(25)21-12-20(3,4)14-7-8-16-17(9-14)29-13-28-16/h7-10,18H,5-6,11-13H2,1-4H3,(H,21,25). The first kappa shape index (κ1) is 21.1. The average Bonchev–Trinajstić information content (AvgIpc) is 3.35. The van der Waals surface area contributed by atoms with E-state index in [9.17, 15) is 4.79 Å². The topological polar surface area (TPSA) is 96.7 Å².